The molecule has 3 N–H and O–H groups in total. The molecule has 0 aliphatic heterocycles. The van der Waals surface area contributed by atoms with Gasteiger partial charge < -0.3 is 15.6 Å². The highest BCUT2D eigenvalue weighted by Gasteiger charge is 2.19. The molecule has 0 spiro atoms. The molecule has 0 atom stereocenters. The summed E-state index contributed by atoms with van der Waals surface area (Å²) >= 11 is 0. The number of benzene rings is 1. The fourth-order valence-electron chi connectivity index (χ4n) is 2.08. The van der Waals surface area contributed by atoms with Crippen LogP contribution in [0.2, 0.25) is 0 Å². The summed E-state index contributed by atoms with van der Waals surface area (Å²) in [5.41, 5.74) is 5.72. The van der Waals surface area contributed by atoms with Crippen LogP contribution in [0.1, 0.15) is 37.7 Å². The first-order chi connectivity index (χ1) is 9.59. The predicted molar refractivity (Wildman–Crippen MR) is 75.0 cm³/mol. The van der Waals surface area contributed by atoms with Crippen molar-refractivity contribution in [3.63, 3.8) is 0 Å². The predicted octanol–water partition coefficient (Wildman–Crippen LogP) is 2.93. The first-order valence-corrected chi connectivity index (χ1v) is 6.78. The molecular weight excluding hydrogens is 258 g/mol. The van der Waals surface area contributed by atoms with Gasteiger partial charge in [-0.3, -0.25) is 4.79 Å². The van der Waals surface area contributed by atoms with Crippen molar-refractivity contribution in [2.24, 2.45) is 11.7 Å². The van der Waals surface area contributed by atoms with Crippen molar-refractivity contribution in [2.75, 3.05) is 0 Å². The van der Waals surface area contributed by atoms with Crippen molar-refractivity contribution in [2.45, 2.75) is 38.7 Å². The average Bonchev–Trinajstić information content (AvgIpc) is 2.48. The summed E-state index contributed by atoms with van der Waals surface area (Å²) in [7, 11) is 0. The second kappa shape index (κ2) is 8.96. The highest BCUT2D eigenvalue weighted by Crippen LogP contribution is 2.23. The smallest absolute Gasteiger partial charge is 0.404 e. The Bertz CT molecular complexity index is 413. The van der Waals surface area contributed by atoms with Gasteiger partial charge in [0.15, 0.2) is 0 Å². The van der Waals surface area contributed by atoms with Crippen LogP contribution in [0.4, 0.5) is 4.79 Å². The van der Waals surface area contributed by atoms with Crippen LogP contribution in [0.15, 0.2) is 30.3 Å². The molecule has 0 aromatic heterocycles. The van der Waals surface area contributed by atoms with Gasteiger partial charge in [0.1, 0.15) is 6.61 Å². The zero-order chi connectivity index (χ0) is 14.8. The summed E-state index contributed by atoms with van der Waals surface area (Å²) in [6.45, 7) is 0.246. The monoisotopic (exact) mass is 279 g/mol. The van der Waals surface area contributed by atoms with Crippen LogP contribution < -0.4 is 5.73 Å². The maximum absolute atomic E-state index is 10.4. The SMILES string of the molecule is NC(=O)OCc1ccccc1.O=C(O)C1CCCCC1. The normalized spacial score (nSPS) is 14.8. The lowest BCUT2D eigenvalue weighted by Gasteiger charge is -2.16. The summed E-state index contributed by atoms with van der Waals surface area (Å²) in [4.78, 5) is 20.5. The van der Waals surface area contributed by atoms with Gasteiger partial charge in [-0.15, -0.1) is 0 Å². The molecule has 2 rings (SSSR count). The molecule has 0 unspecified atom stereocenters. The first kappa shape index (κ1) is 16.0. The summed E-state index contributed by atoms with van der Waals surface area (Å²) < 4.78 is 4.57. The van der Waals surface area contributed by atoms with E-state index in [0.717, 1.165) is 31.2 Å². The Hall–Kier alpha value is -2.04. The molecule has 110 valence electrons. The third-order valence-electron chi connectivity index (χ3n) is 3.18. The minimum Gasteiger partial charge on any atom is -0.481 e. The number of rotatable bonds is 3. The number of primary amides is 1. The van der Waals surface area contributed by atoms with E-state index in [9.17, 15) is 9.59 Å². The summed E-state index contributed by atoms with van der Waals surface area (Å²) in [5, 5.41) is 8.54. The number of carboxylic acids is 1. The number of ether oxygens (including phenoxy) is 1. The molecule has 0 heterocycles. The summed E-state index contributed by atoms with van der Waals surface area (Å²) in [6, 6.07) is 9.37. The van der Waals surface area contributed by atoms with E-state index in [-0.39, 0.29) is 12.5 Å². The van der Waals surface area contributed by atoms with Crippen molar-refractivity contribution in [3.8, 4) is 0 Å². The minimum absolute atomic E-state index is 0.0289. The van der Waals surface area contributed by atoms with Crippen LogP contribution in [-0.2, 0) is 16.1 Å². The van der Waals surface area contributed by atoms with E-state index in [0.29, 0.717) is 0 Å². The number of aliphatic carboxylic acids is 1. The Balaban J connectivity index is 0.000000204. The lowest BCUT2D eigenvalue weighted by Crippen LogP contribution is -2.16. The van der Waals surface area contributed by atoms with Crippen LogP contribution >= 0.6 is 0 Å². The van der Waals surface area contributed by atoms with E-state index in [2.05, 4.69) is 4.74 Å². The fourth-order valence-corrected chi connectivity index (χ4v) is 2.08. The number of hydrogen-bond donors (Lipinski definition) is 2. The molecule has 1 aromatic carbocycles. The van der Waals surface area contributed by atoms with Crippen LogP contribution in [-0.4, -0.2) is 17.2 Å². The van der Waals surface area contributed by atoms with Gasteiger partial charge in [0.05, 0.1) is 5.92 Å². The van der Waals surface area contributed by atoms with Gasteiger partial charge in [0.25, 0.3) is 0 Å². The molecule has 1 fully saturated rings. The molecular formula is C15H21NO4. The van der Waals surface area contributed by atoms with Gasteiger partial charge in [-0.05, 0) is 18.4 Å². The van der Waals surface area contributed by atoms with Crippen molar-refractivity contribution in [3.05, 3.63) is 35.9 Å². The Morgan fingerprint density at radius 3 is 2.20 bits per heavy atom. The maximum Gasteiger partial charge on any atom is 0.404 e. The third-order valence-corrected chi connectivity index (χ3v) is 3.18. The third kappa shape index (κ3) is 6.78. The second-order valence-corrected chi connectivity index (χ2v) is 4.77. The van der Waals surface area contributed by atoms with Crippen LogP contribution in [0.5, 0.6) is 0 Å². The molecule has 1 saturated carbocycles. The lowest BCUT2D eigenvalue weighted by atomic mass is 9.90. The van der Waals surface area contributed by atoms with Crippen molar-refractivity contribution in [1.82, 2.24) is 0 Å². The van der Waals surface area contributed by atoms with Gasteiger partial charge in [-0.2, -0.15) is 0 Å². The number of carbonyl (C=O) groups excluding carboxylic acids is 1. The number of carbonyl (C=O) groups is 2. The molecule has 5 nitrogen and oxygen atoms in total. The maximum atomic E-state index is 10.4. The molecule has 1 aromatic rings. The lowest BCUT2D eigenvalue weighted by molar-refractivity contribution is -0.142. The van der Waals surface area contributed by atoms with E-state index < -0.39 is 12.1 Å². The van der Waals surface area contributed by atoms with Gasteiger partial charge in [-0.25, -0.2) is 4.79 Å². The first-order valence-electron chi connectivity index (χ1n) is 6.78. The second-order valence-electron chi connectivity index (χ2n) is 4.77. The van der Waals surface area contributed by atoms with E-state index >= 15 is 0 Å². The topological polar surface area (TPSA) is 89.6 Å². The van der Waals surface area contributed by atoms with Crippen LogP contribution in [0.3, 0.4) is 0 Å². The van der Waals surface area contributed by atoms with E-state index in [1.807, 2.05) is 30.3 Å². The van der Waals surface area contributed by atoms with Crippen LogP contribution in [0.25, 0.3) is 0 Å². The van der Waals surface area contributed by atoms with Gasteiger partial charge >= 0.3 is 12.1 Å². The van der Waals surface area contributed by atoms with Crippen molar-refractivity contribution < 1.29 is 19.4 Å². The molecule has 1 aliphatic carbocycles. The fraction of sp³-hybridized carbons (Fsp3) is 0.467. The van der Waals surface area contributed by atoms with Gasteiger partial charge in [0.2, 0.25) is 0 Å². The number of hydrogen-bond acceptors (Lipinski definition) is 3. The van der Waals surface area contributed by atoms with E-state index in [1.165, 1.54) is 6.42 Å². The van der Waals surface area contributed by atoms with Gasteiger partial charge in [0, 0.05) is 0 Å². The van der Waals surface area contributed by atoms with Crippen molar-refractivity contribution >= 4 is 12.1 Å². The zero-order valence-corrected chi connectivity index (χ0v) is 11.5. The molecule has 20 heavy (non-hydrogen) atoms. The molecule has 0 saturated heterocycles. The van der Waals surface area contributed by atoms with Crippen molar-refractivity contribution in [1.29, 1.82) is 0 Å². The summed E-state index contributed by atoms with van der Waals surface area (Å²) in [6.07, 6.45) is 4.50. The van der Waals surface area contributed by atoms with Gasteiger partial charge in [-0.1, -0.05) is 49.6 Å². The number of amides is 1. The summed E-state index contributed by atoms with van der Waals surface area (Å²) in [5.74, 6) is -0.631. The molecule has 0 bridgehead atoms. The average molecular weight is 279 g/mol. The number of nitrogens with two attached hydrogens (primary N) is 1. The highest BCUT2D eigenvalue weighted by molar-refractivity contribution is 5.69. The molecule has 1 amide bonds. The van der Waals surface area contributed by atoms with E-state index in [4.69, 9.17) is 10.8 Å². The molecule has 5 heteroatoms. The molecule has 0 radical (unpaired) electrons. The number of carboxylic acid groups (broad SMARTS) is 1. The molecule has 1 aliphatic rings. The Labute approximate surface area is 118 Å². The quantitative estimate of drug-likeness (QED) is 0.890. The zero-order valence-electron chi connectivity index (χ0n) is 11.5. The van der Waals surface area contributed by atoms with E-state index in [1.54, 1.807) is 0 Å². The largest absolute Gasteiger partial charge is 0.481 e. The standard InChI is InChI=1S/C8H9NO2.C7H12O2/c9-8(10)11-6-7-4-2-1-3-5-7;8-7(9)6-4-2-1-3-5-6/h1-5H,6H2,(H2,9,10);6H,1-5H2,(H,8,9). The minimum atomic E-state index is -0.742. The Morgan fingerprint density at radius 2 is 1.75 bits per heavy atom. The Morgan fingerprint density at radius 1 is 1.15 bits per heavy atom. The highest BCUT2D eigenvalue weighted by atomic mass is 16.5. The Kier molecular flexibility index (Phi) is 7.17. The van der Waals surface area contributed by atoms with Crippen LogP contribution in [0, 0.1) is 5.92 Å².